The second-order valence-electron chi connectivity index (χ2n) is 6.73. The zero-order valence-electron chi connectivity index (χ0n) is 14.7. The fraction of sp³-hybridized carbons (Fsp3) is 0.556. The van der Waals surface area contributed by atoms with E-state index in [1.807, 2.05) is 12.1 Å². The van der Waals surface area contributed by atoms with Crippen LogP contribution in [0.15, 0.2) is 18.2 Å². The quantitative estimate of drug-likeness (QED) is 0.903. The van der Waals surface area contributed by atoms with Crippen molar-refractivity contribution >= 4 is 12.0 Å². The average molecular weight is 348 g/mol. The molecule has 1 N–H and O–H groups in total. The first-order valence-electron chi connectivity index (χ1n) is 8.48. The molecule has 0 atom stereocenters. The second-order valence-corrected chi connectivity index (χ2v) is 6.73. The maximum atomic E-state index is 12.5. The molecule has 25 heavy (non-hydrogen) atoms. The van der Waals surface area contributed by atoms with Crippen molar-refractivity contribution in [1.29, 1.82) is 0 Å². The van der Waals surface area contributed by atoms with Crippen LogP contribution in [0.5, 0.6) is 11.5 Å². The fourth-order valence-corrected chi connectivity index (χ4v) is 4.00. The topological polar surface area (TPSA) is 79.3 Å². The van der Waals surface area contributed by atoms with Crippen molar-refractivity contribution in [1.82, 2.24) is 9.80 Å². The number of rotatable bonds is 4. The number of piperazine rings is 1. The lowest BCUT2D eigenvalue weighted by Gasteiger charge is -2.47. The molecule has 7 heteroatoms. The van der Waals surface area contributed by atoms with Crippen LogP contribution < -0.4 is 9.47 Å². The first-order chi connectivity index (χ1) is 12.0. The summed E-state index contributed by atoms with van der Waals surface area (Å²) in [5.74, 6) is 1.18. The van der Waals surface area contributed by atoms with Gasteiger partial charge >= 0.3 is 6.09 Å². The molecule has 3 rings (SSSR count). The lowest BCUT2D eigenvalue weighted by Crippen LogP contribution is -2.64. The molecule has 2 amide bonds. The number of carboxylic acid groups (broad SMARTS) is 1. The van der Waals surface area contributed by atoms with Gasteiger partial charge in [-0.3, -0.25) is 9.69 Å². The normalized spacial score (nSPS) is 19.4. The average Bonchev–Trinajstić information content (AvgIpc) is 3.06. The highest BCUT2D eigenvalue weighted by Crippen LogP contribution is 2.39. The minimum absolute atomic E-state index is 0.0756. The Kier molecular flexibility index (Phi) is 4.74. The van der Waals surface area contributed by atoms with E-state index in [0.29, 0.717) is 24.6 Å². The van der Waals surface area contributed by atoms with Crippen LogP contribution in [0.25, 0.3) is 0 Å². The minimum atomic E-state index is -1.00. The predicted octanol–water partition coefficient (Wildman–Crippen LogP) is 2.34. The number of nitrogens with zero attached hydrogens (tertiary/aromatic N) is 2. The van der Waals surface area contributed by atoms with Gasteiger partial charge in [-0.15, -0.1) is 0 Å². The maximum Gasteiger partial charge on any atom is 0.408 e. The van der Waals surface area contributed by atoms with Crippen LogP contribution in [0.2, 0.25) is 0 Å². The fourth-order valence-electron chi connectivity index (χ4n) is 4.00. The number of ether oxygens (including phenoxy) is 2. The molecular formula is C18H24N2O5. The molecule has 0 unspecified atom stereocenters. The third-order valence-corrected chi connectivity index (χ3v) is 5.32. The Labute approximate surface area is 147 Å². The van der Waals surface area contributed by atoms with Crippen LogP contribution in [-0.4, -0.2) is 59.8 Å². The summed E-state index contributed by atoms with van der Waals surface area (Å²) in [4.78, 5) is 27.3. The van der Waals surface area contributed by atoms with Crippen LogP contribution in [-0.2, 0) is 11.3 Å². The van der Waals surface area contributed by atoms with Crippen molar-refractivity contribution in [2.75, 3.05) is 27.3 Å². The molecule has 1 saturated heterocycles. The molecular weight excluding hydrogens is 324 g/mol. The number of hydrogen-bond acceptors (Lipinski definition) is 4. The lowest BCUT2D eigenvalue weighted by molar-refractivity contribution is -0.142. The van der Waals surface area contributed by atoms with Gasteiger partial charge in [-0.25, -0.2) is 4.79 Å². The van der Waals surface area contributed by atoms with Gasteiger partial charge < -0.3 is 19.5 Å². The molecule has 136 valence electrons. The van der Waals surface area contributed by atoms with Crippen molar-refractivity contribution in [2.45, 2.75) is 37.8 Å². The van der Waals surface area contributed by atoms with Gasteiger partial charge in [-0.2, -0.15) is 0 Å². The Balaban J connectivity index is 1.83. The number of amides is 2. The first kappa shape index (κ1) is 17.4. The summed E-state index contributed by atoms with van der Waals surface area (Å²) in [6, 6.07) is 5.51. The third kappa shape index (κ3) is 3.23. The summed E-state index contributed by atoms with van der Waals surface area (Å²) < 4.78 is 10.6. The standard InChI is InChI=1S/C18H24N2O5/c1-24-14-6-5-13(15(9-14)25-2)10-19-12-18(7-3-4-8-18)20(17(22)23)11-16(19)21/h5-6,9H,3-4,7-8,10-12H2,1-2H3,(H,22,23). The Morgan fingerprint density at radius 3 is 2.56 bits per heavy atom. The Hall–Kier alpha value is -2.44. The smallest absolute Gasteiger partial charge is 0.408 e. The molecule has 1 aromatic rings. The first-order valence-corrected chi connectivity index (χ1v) is 8.48. The Morgan fingerprint density at radius 2 is 1.96 bits per heavy atom. The van der Waals surface area contributed by atoms with E-state index in [9.17, 15) is 14.7 Å². The van der Waals surface area contributed by atoms with Gasteiger partial charge in [0.15, 0.2) is 0 Å². The molecule has 1 aliphatic carbocycles. The Bertz CT molecular complexity index is 669. The summed E-state index contributed by atoms with van der Waals surface area (Å²) in [6.45, 7) is 0.766. The number of benzene rings is 1. The van der Waals surface area contributed by atoms with Gasteiger partial charge in [0.1, 0.15) is 18.0 Å². The summed E-state index contributed by atoms with van der Waals surface area (Å²) in [5, 5.41) is 9.52. The molecule has 1 saturated carbocycles. The van der Waals surface area contributed by atoms with Crippen molar-refractivity contribution in [3.63, 3.8) is 0 Å². The molecule has 1 aromatic carbocycles. The monoisotopic (exact) mass is 348 g/mol. The molecule has 0 radical (unpaired) electrons. The molecule has 2 fully saturated rings. The van der Waals surface area contributed by atoms with Gasteiger partial charge in [0.05, 0.1) is 19.8 Å². The van der Waals surface area contributed by atoms with Crippen molar-refractivity contribution in [2.24, 2.45) is 0 Å². The van der Waals surface area contributed by atoms with Crippen molar-refractivity contribution < 1.29 is 24.2 Å². The van der Waals surface area contributed by atoms with E-state index < -0.39 is 11.6 Å². The van der Waals surface area contributed by atoms with E-state index in [1.54, 1.807) is 25.2 Å². The van der Waals surface area contributed by atoms with E-state index in [-0.39, 0.29) is 12.5 Å². The maximum absolute atomic E-state index is 12.5. The lowest BCUT2D eigenvalue weighted by atomic mass is 9.91. The SMILES string of the molecule is COc1ccc(CN2CC3(CCCC3)N(C(=O)O)CC2=O)c(OC)c1. The van der Waals surface area contributed by atoms with Crippen LogP contribution in [0, 0.1) is 0 Å². The summed E-state index contributed by atoms with van der Waals surface area (Å²) in [6.07, 6.45) is 2.61. The van der Waals surface area contributed by atoms with E-state index in [2.05, 4.69) is 0 Å². The summed E-state index contributed by atoms with van der Waals surface area (Å²) in [7, 11) is 3.17. The minimum Gasteiger partial charge on any atom is -0.497 e. The highest BCUT2D eigenvalue weighted by Gasteiger charge is 2.48. The van der Waals surface area contributed by atoms with Crippen LogP contribution >= 0.6 is 0 Å². The summed E-state index contributed by atoms with van der Waals surface area (Å²) >= 11 is 0. The zero-order valence-corrected chi connectivity index (χ0v) is 14.7. The molecule has 0 aromatic heterocycles. The number of hydrogen-bond donors (Lipinski definition) is 1. The molecule has 1 heterocycles. The van der Waals surface area contributed by atoms with Gasteiger partial charge in [0.2, 0.25) is 5.91 Å². The number of carbonyl (C=O) groups excluding carboxylic acids is 1. The largest absolute Gasteiger partial charge is 0.497 e. The van der Waals surface area contributed by atoms with Crippen LogP contribution in [0.1, 0.15) is 31.2 Å². The molecule has 7 nitrogen and oxygen atoms in total. The van der Waals surface area contributed by atoms with Gasteiger partial charge in [0, 0.05) is 24.7 Å². The van der Waals surface area contributed by atoms with Crippen LogP contribution in [0.4, 0.5) is 4.79 Å². The molecule has 0 bridgehead atoms. The van der Waals surface area contributed by atoms with E-state index in [0.717, 1.165) is 31.2 Å². The van der Waals surface area contributed by atoms with Crippen molar-refractivity contribution in [3.05, 3.63) is 23.8 Å². The van der Waals surface area contributed by atoms with Gasteiger partial charge in [-0.1, -0.05) is 12.8 Å². The highest BCUT2D eigenvalue weighted by molar-refractivity contribution is 5.84. The van der Waals surface area contributed by atoms with Gasteiger partial charge in [-0.05, 0) is 25.0 Å². The number of carbonyl (C=O) groups is 2. The second kappa shape index (κ2) is 6.82. The molecule has 2 aliphatic rings. The van der Waals surface area contributed by atoms with Gasteiger partial charge in [0.25, 0.3) is 0 Å². The summed E-state index contributed by atoms with van der Waals surface area (Å²) in [5.41, 5.74) is 0.438. The van der Waals surface area contributed by atoms with Crippen LogP contribution in [0.3, 0.4) is 0 Å². The predicted molar refractivity (Wildman–Crippen MR) is 90.9 cm³/mol. The molecule has 1 spiro atoms. The number of methoxy groups -OCH3 is 2. The zero-order chi connectivity index (χ0) is 18.0. The van der Waals surface area contributed by atoms with E-state index in [1.165, 1.54) is 4.90 Å². The highest BCUT2D eigenvalue weighted by atomic mass is 16.5. The Morgan fingerprint density at radius 1 is 1.24 bits per heavy atom. The van der Waals surface area contributed by atoms with E-state index in [4.69, 9.17) is 9.47 Å². The third-order valence-electron chi connectivity index (χ3n) is 5.32. The molecule has 1 aliphatic heterocycles. The van der Waals surface area contributed by atoms with E-state index >= 15 is 0 Å². The van der Waals surface area contributed by atoms with Crippen molar-refractivity contribution in [3.8, 4) is 11.5 Å².